The van der Waals surface area contributed by atoms with Crippen molar-refractivity contribution in [2.45, 2.75) is 25.5 Å². The van der Waals surface area contributed by atoms with E-state index in [2.05, 4.69) is 5.32 Å². The number of amides is 1. The van der Waals surface area contributed by atoms with Gasteiger partial charge in [0.15, 0.2) is 0 Å². The molecular weight excluding hydrogens is 398 g/mol. The smallest absolute Gasteiger partial charge is 0.336 e. The van der Waals surface area contributed by atoms with E-state index in [4.69, 9.17) is 9.15 Å². The molecule has 1 fully saturated rings. The van der Waals surface area contributed by atoms with Crippen molar-refractivity contribution < 1.29 is 13.9 Å². The molecule has 31 heavy (non-hydrogen) atoms. The number of para-hydroxylation sites is 2. The van der Waals surface area contributed by atoms with Crippen LogP contribution in [-0.4, -0.2) is 34.3 Å². The quantitative estimate of drug-likeness (QED) is 0.535. The largest absolute Gasteiger partial charge is 0.449 e. The Morgan fingerprint density at radius 3 is 2.61 bits per heavy atom. The number of hydrogen-bond donors (Lipinski definition) is 1. The van der Waals surface area contributed by atoms with Crippen LogP contribution in [0.4, 0.5) is 0 Å². The normalized spacial score (nSPS) is 16.2. The van der Waals surface area contributed by atoms with E-state index >= 15 is 0 Å². The zero-order valence-corrected chi connectivity index (χ0v) is 16.7. The number of ether oxygens (including phenoxy) is 1. The average molecular weight is 419 g/mol. The molecule has 2 aromatic carbocycles. The first kappa shape index (κ1) is 19.3. The predicted molar refractivity (Wildman–Crippen MR) is 116 cm³/mol. The molecule has 1 saturated heterocycles. The minimum atomic E-state index is -0.595. The van der Waals surface area contributed by atoms with E-state index in [0.29, 0.717) is 35.3 Å². The van der Waals surface area contributed by atoms with E-state index in [1.807, 2.05) is 0 Å². The Balaban J connectivity index is 1.65. The van der Waals surface area contributed by atoms with Gasteiger partial charge in [-0.3, -0.25) is 14.2 Å². The highest BCUT2D eigenvalue weighted by Crippen LogP contribution is 2.25. The lowest BCUT2D eigenvalue weighted by Crippen LogP contribution is -2.42. The number of benzene rings is 2. The third-order valence-corrected chi connectivity index (χ3v) is 5.53. The second-order valence-corrected chi connectivity index (χ2v) is 7.56. The first-order valence-corrected chi connectivity index (χ1v) is 10.2. The Morgan fingerprint density at radius 1 is 1.06 bits per heavy atom. The predicted octanol–water partition coefficient (Wildman–Crippen LogP) is 2.19. The molecule has 0 spiro atoms. The van der Waals surface area contributed by atoms with E-state index in [1.54, 1.807) is 54.6 Å². The van der Waals surface area contributed by atoms with Gasteiger partial charge in [0.25, 0.3) is 0 Å². The number of rotatable bonds is 5. The Hall–Kier alpha value is -3.65. The van der Waals surface area contributed by atoms with E-state index in [0.717, 1.165) is 17.4 Å². The van der Waals surface area contributed by atoms with Gasteiger partial charge in [-0.2, -0.15) is 0 Å². The number of carbonyl (C=O) groups excluding carboxylic acids is 1. The fourth-order valence-corrected chi connectivity index (χ4v) is 4.03. The maximum Gasteiger partial charge on any atom is 0.336 e. The van der Waals surface area contributed by atoms with Gasteiger partial charge < -0.3 is 14.5 Å². The molecule has 8 heteroatoms. The Labute approximate surface area is 176 Å². The summed E-state index contributed by atoms with van der Waals surface area (Å²) in [6.45, 7) is 0.851. The topological polar surface area (TPSA) is 95.5 Å². The van der Waals surface area contributed by atoms with Crippen LogP contribution in [0.25, 0.3) is 27.8 Å². The van der Waals surface area contributed by atoms with Crippen molar-refractivity contribution in [2.75, 3.05) is 13.2 Å². The van der Waals surface area contributed by atoms with Crippen molar-refractivity contribution in [2.24, 2.45) is 0 Å². The molecule has 0 unspecified atom stereocenters. The van der Waals surface area contributed by atoms with Gasteiger partial charge in [-0.1, -0.05) is 30.3 Å². The average Bonchev–Trinajstić information content (AvgIpc) is 3.44. The maximum atomic E-state index is 13.4. The van der Waals surface area contributed by atoms with Crippen molar-refractivity contribution >= 4 is 28.0 Å². The first-order valence-electron chi connectivity index (χ1n) is 10.2. The van der Waals surface area contributed by atoms with Gasteiger partial charge in [0.2, 0.25) is 11.5 Å². The van der Waals surface area contributed by atoms with Gasteiger partial charge >= 0.3 is 11.2 Å². The van der Waals surface area contributed by atoms with Crippen molar-refractivity contribution in [1.29, 1.82) is 0 Å². The lowest BCUT2D eigenvalue weighted by atomic mass is 10.2. The van der Waals surface area contributed by atoms with E-state index in [9.17, 15) is 14.4 Å². The zero-order valence-electron chi connectivity index (χ0n) is 16.7. The van der Waals surface area contributed by atoms with Crippen molar-refractivity contribution in [1.82, 2.24) is 14.5 Å². The molecule has 2 aromatic heterocycles. The number of furan rings is 1. The number of fused-ring (bicyclic) bond motifs is 3. The number of carbonyl (C=O) groups is 1. The monoisotopic (exact) mass is 419 g/mol. The van der Waals surface area contributed by atoms with Crippen molar-refractivity contribution in [3.8, 4) is 5.69 Å². The fraction of sp³-hybridized carbons (Fsp3) is 0.261. The SMILES string of the molecule is O=C(Cn1c(=O)n(-c2ccccc2)c(=O)c2oc3ccccc3c21)NC[C@H]1CCCO1. The summed E-state index contributed by atoms with van der Waals surface area (Å²) in [7, 11) is 0. The summed E-state index contributed by atoms with van der Waals surface area (Å²) in [5.41, 5.74) is 0.101. The van der Waals surface area contributed by atoms with Crippen LogP contribution >= 0.6 is 0 Å². The molecule has 0 aliphatic carbocycles. The summed E-state index contributed by atoms with van der Waals surface area (Å²) in [6.07, 6.45) is 1.87. The number of nitrogens with one attached hydrogen (secondary N) is 1. The van der Waals surface area contributed by atoms with E-state index in [1.165, 1.54) is 4.57 Å². The number of nitrogens with zero attached hydrogens (tertiary/aromatic N) is 2. The molecule has 1 amide bonds. The minimum absolute atomic E-state index is 0.00582. The molecular formula is C23H21N3O5. The molecule has 5 rings (SSSR count). The van der Waals surface area contributed by atoms with Crippen LogP contribution in [0.3, 0.4) is 0 Å². The van der Waals surface area contributed by atoms with E-state index in [-0.39, 0.29) is 24.1 Å². The van der Waals surface area contributed by atoms with Gasteiger partial charge in [0, 0.05) is 18.5 Å². The van der Waals surface area contributed by atoms with Crippen LogP contribution in [0.2, 0.25) is 0 Å². The van der Waals surface area contributed by atoms with Crippen LogP contribution < -0.4 is 16.6 Å². The third-order valence-electron chi connectivity index (χ3n) is 5.53. The van der Waals surface area contributed by atoms with Gasteiger partial charge in [-0.25, -0.2) is 9.36 Å². The Kier molecular flexibility index (Phi) is 4.91. The molecule has 1 atom stereocenters. The fourth-order valence-electron chi connectivity index (χ4n) is 4.03. The molecule has 3 heterocycles. The Bertz CT molecular complexity index is 1380. The van der Waals surface area contributed by atoms with Gasteiger partial charge in [-0.05, 0) is 37.1 Å². The number of aromatic nitrogens is 2. The molecule has 0 radical (unpaired) electrons. The van der Waals surface area contributed by atoms with E-state index < -0.39 is 11.2 Å². The molecule has 0 bridgehead atoms. The van der Waals surface area contributed by atoms with Gasteiger partial charge in [0.1, 0.15) is 17.6 Å². The van der Waals surface area contributed by atoms with Crippen LogP contribution in [0.15, 0.2) is 68.6 Å². The highest BCUT2D eigenvalue weighted by molar-refractivity contribution is 6.02. The summed E-state index contributed by atoms with van der Waals surface area (Å²) in [4.78, 5) is 39.3. The summed E-state index contributed by atoms with van der Waals surface area (Å²) in [6, 6.07) is 15.7. The molecule has 8 nitrogen and oxygen atoms in total. The third kappa shape index (κ3) is 3.44. The maximum absolute atomic E-state index is 13.4. The summed E-state index contributed by atoms with van der Waals surface area (Å²) >= 11 is 0. The molecule has 1 aliphatic rings. The summed E-state index contributed by atoms with van der Waals surface area (Å²) in [5, 5.41) is 3.45. The molecule has 158 valence electrons. The van der Waals surface area contributed by atoms with Gasteiger partial charge in [0.05, 0.1) is 11.8 Å². The highest BCUT2D eigenvalue weighted by Gasteiger charge is 2.22. The molecule has 0 saturated carbocycles. The molecule has 1 N–H and O–H groups in total. The summed E-state index contributed by atoms with van der Waals surface area (Å²) < 4.78 is 13.7. The highest BCUT2D eigenvalue weighted by atomic mass is 16.5. The summed E-state index contributed by atoms with van der Waals surface area (Å²) in [5.74, 6) is -0.331. The van der Waals surface area contributed by atoms with Gasteiger partial charge in [-0.15, -0.1) is 0 Å². The van der Waals surface area contributed by atoms with Crippen LogP contribution in [0.1, 0.15) is 12.8 Å². The minimum Gasteiger partial charge on any atom is -0.449 e. The second kappa shape index (κ2) is 7.88. The lowest BCUT2D eigenvalue weighted by molar-refractivity contribution is -0.122. The first-order chi connectivity index (χ1) is 15.1. The van der Waals surface area contributed by atoms with Crippen molar-refractivity contribution in [3.63, 3.8) is 0 Å². The van der Waals surface area contributed by atoms with Crippen LogP contribution in [0.5, 0.6) is 0 Å². The second-order valence-electron chi connectivity index (χ2n) is 7.56. The van der Waals surface area contributed by atoms with Crippen molar-refractivity contribution in [3.05, 3.63) is 75.4 Å². The van der Waals surface area contributed by atoms with Crippen LogP contribution in [0, 0.1) is 0 Å². The standard InChI is InChI=1S/C23H21N3O5/c27-19(24-13-16-9-6-12-30-16)14-25-20-17-10-4-5-11-18(17)31-21(20)22(28)26(23(25)29)15-7-2-1-3-8-15/h1-5,7-8,10-11,16H,6,9,12-14H2,(H,24,27)/t16-/m1/s1. The Morgan fingerprint density at radius 2 is 1.84 bits per heavy atom. The zero-order chi connectivity index (χ0) is 21.4. The molecule has 1 aliphatic heterocycles. The lowest BCUT2D eigenvalue weighted by Gasteiger charge is -2.14. The number of hydrogen-bond acceptors (Lipinski definition) is 5. The van der Waals surface area contributed by atoms with Crippen LogP contribution in [-0.2, 0) is 16.1 Å². The molecule has 4 aromatic rings.